The van der Waals surface area contributed by atoms with Gasteiger partial charge in [-0.3, -0.25) is 4.79 Å². The van der Waals surface area contributed by atoms with Crippen molar-refractivity contribution < 1.29 is 18.4 Å². The normalized spacial score (nSPS) is 11.1. The maximum absolute atomic E-state index is 12.6. The van der Waals surface area contributed by atoms with Gasteiger partial charge in [0.2, 0.25) is 5.91 Å². The van der Waals surface area contributed by atoms with E-state index >= 15 is 0 Å². The van der Waals surface area contributed by atoms with Crippen molar-refractivity contribution in [3.8, 4) is 0 Å². The predicted octanol–water partition coefficient (Wildman–Crippen LogP) is 5.54. The number of carbonyl (C=O) groups excluding carboxylic acids is 1. The minimum atomic E-state index is -0.0837. The highest BCUT2D eigenvalue weighted by atomic mass is 16.5. The second-order valence-corrected chi connectivity index (χ2v) is 7.14. The maximum atomic E-state index is 12.6. The molecule has 5 heteroatoms. The Kier molecular flexibility index (Phi) is 5.49. The van der Waals surface area contributed by atoms with Crippen LogP contribution in [-0.4, -0.2) is 5.91 Å². The second kappa shape index (κ2) is 8.37. The van der Waals surface area contributed by atoms with Crippen molar-refractivity contribution >= 4 is 22.6 Å². The van der Waals surface area contributed by atoms with Gasteiger partial charge in [0.15, 0.2) is 0 Å². The molecule has 0 spiro atoms. The van der Waals surface area contributed by atoms with E-state index in [4.69, 9.17) is 13.6 Å². The van der Waals surface area contributed by atoms with Gasteiger partial charge in [0.25, 0.3) is 0 Å². The van der Waals surface area contributed by atoms with Crippen LogP contribution < -0.4 is 5.32 Å². The Morgan fingerprint density at radius 2 is 1.93 bits per heavy atom. The molecule has 1 amide bonds. The lowest BCUT2D eigenvalue weighted by atomic mass is 10.0. The standard InChI is InChI=1S/C24H23NO4/c1-16-8-9-22-19(14-29-24(22)17(16)2)12-23(26)25-20-6-3-5-18(11-20)13-27-15-21-7-4-10-28-21/h3-11,14H,12-13,15H2,1-2H3,(H,25,26). The molecule has 0 aliphatic rings. The zero-order valence-electron chi connectivity index (χ0n) is 16.5. The number of amides is 1. The van der Waals surface area contributed by atoms with Crippen LogP contribution in [0.3, 0.4) is 0 Å². The third-order valence-electron chi connectivity index (χ3n) is 5.00. The number of anilines is 1. The number of furan rings is 2. The van der Waals surface area contributed by atoms with Crippen LogP contribution in [0.5, 0.6) is 0 Å². The number of nitrogens with one attached hydrogen (secondary N) is 1. The minimum absolute atomic E-state index is 0.0837. The van der Waals surface area contributed by atoms with Crippen LogP contribution >= 0.6 is 0 Å². The molecule has 1 N–H and O–H groups in total. The molecule has 0 unspecified atom stereocenters. The Balaban J connectivity index is 1.38. The van der Waals surface area contributed by atoms with E-state index in [-0.39, 0.29) is 12.3 Å². The number of hydrogen-bond acceptors (Lipinski definition) is 4. The van der Waals surface area contributed by atoms with Gasteiger partial charge in [-0.2, -0.15) is 0 Å². The first kappa shape index (κ1) is 19.0. The van der Waals surface area contributed by atoms with E-state index in [0.717, 1.165) is 39.1 Å². The summed E-state index contributed by atoms with van der Waals surface area (Å²) in [5.74, 6) is 0.701. The lowest BCUT2D eigenvalue weighted by molar-refractivity contribution is -0.115. The van der Waals surface area contributed by atoms with Crippen molar-refractivity contribution in [1.29, 1.82) is 0 Å². The van der Waals surface area contributed by atoms with Gasteiger partial charge in [-0.05, 0) is 54.8 Å². The SMILES string of the molecule is Cc1ccc2c(CC(=O)Nc3cccc(COCc4ccco4)c3)coc2c1C. The monoisotopic (exact) mass is 389 g/mol. The third kappa shape index (κ3) is 4.41. The zero-order valence-corrected chi connectivity index (χ0v) is 16.5. The van der Waals surface area contributed by atoms with E-state index in [1.807, 2.05) is 49.4 Å². The van der Waals surface area contributed by atoms with Crippen LogP contribution in [0.15, 0.2) is 69.9 Å². The van der Waals surface area contributed by atoms with E-state index in [1.165, 1.54) is 5.56 Å². The van der Waals surface area contributed by atoms with Crippen molar-refractivity contribution in [2.45, 2.75) is 33.5 Å². The smallest absolute Gasteiger partial charge is 0.228 e. The van der Waals surface area contributed by atoms with Crippen molar-refractivity contribution in [2.24, 2.45) is 0 Å². The first-order valence-electron chi connectivity index (χ1n) is 9.55. The number of fused-ring (bicyclic) bond motifs is 1. The lowest BCUT2D eigenvalue weighted by Gasteiger charge is -2.08. The van der Waals surface area contributed by atoms with Gasteiger partial charge in [-0.15, -0.1) is 0 Å². The number of carbonyl (C=O) groups is 1. The zero-order chi connectivity index (χ0) is 20.2. The van der Waals surface area contributed by atoms with E-state index in [0.29, 0.717) is 13.2 Å². The van der Waals surface area contributed by atoms with E-state index < -0.39 is 0 Å². The quantitative estimate of drug-likeness (QED) is 0.451. The number of benzene rings is 2. The van der Waals surface area contributed by atoms with E-state index in [2.05, 4.69) is 18.3 Å². The highest BCUT2D eigenvalue weighted by molar-refractivity contribution is 5.96. The van der Waals surface area contributed by atoms with E-state index in [9.17, 15) is 4.79 Å². The van der Waals surface area contributed by atoms with Crippen LogP contribution in [-0.2, 0) is 29.2 Å². The van der Waals surface area contributed by atoms with Crippen molar-refractivity contribution in [2.75, 3.05) is 5.32 Å². The second-order valence-electron chi connectivity index (χ2n) is 7.14. The van der Waals surface area contributed by atoms with Gasteiger partial charge < -0.3 is 18.9 Å². The Morgan fingerprint density at radius 3 is 2.76 bits per heavy atom. The molecular weight excluding hydrogens is 366 g/mol. The molecule has 148 valence electrons. The molecule has 0 saturated heterocycles. The maximum Gasteiger partial charge on any atom is 0.228 e. The molecule has 4 aromatic rings. The fourth-order valence-electron chi connectivity index (χ4n) is 3.31. The highest BCUT2D eigenvalue weighted by Crippen LogP contribution is 2.27. The number of hydrogen-bond donors (Lipinski definition) is 1. The van der Waals surface area contributed by atoms with Gasteiger partial charge in [0, 0.05) is 16.6 Å². The van der Waals surface area contributed by atoms with Gasteiger partial charge >= 0.3 is 0 Å². The van der Waals surface area contributed by atoms with Crippen molar-refractivity contribution in [3.05, 3.63) is 89.1 Å². The van der Waals surface area contributed by atoms with Crippen LogP contribution in [0.2, 0.25) is 0 Å². The molecule has 0 aliphatic heterocycles. The molecule has 2 heterocycles. The fourth-order valence-corrected chi connectivity index (χ4v) is 3.31. The summed E-state index contributed by atoms with van der Waals surface area (Å²) in [6, 6.07) is 15.4. The van der Waals surface area contributed by atoms with Gasteiger partial charge in [0.1, 0.15) is 18.0 Å². The summed E-state index contributed by atoms with van der Waals surface area (Å²) in [4.78, 5) is 12.6. The molecule has 0 bridgehead atoms. The number of aryl methyl sites for hydroxylation is 2. The summed E-state index contributed by atoms with van der Waals surface area (Å²) >= 11 is 0. The summed E-state index contributed by atoms with van der Waals surface area (Å²) in [7, 11) is 0. The molecule has 0 saturated carbocycles. The highest BCUT2D eigenvalue weighted by Gasteiger charge is 2.13. The molecule has 2 aromatic heterocycles. The molecule has 5 nitrogen and oxygen atoms in total. The summed E-state index contributed by atoms with van der Waals surface area (Å²) in [6.07, 6.45) is 3.56. The minimum Gasteiger partial charge on any atom is -0.467 e. The van der Waals surface area contributed by atoms with Gasteiger partial charge in [-0.25, -0.2) is 0 Å². The van der Waals surface area contributed by atoms with Crippen LogP contribution in [0.4, 0.5) is 5.69 Å². The Morgan fingerprint density at radius 1 is 1.03 bits per heavy atom. The molecule has 0 fully saturated rings. The Bertz CT molecular complexity index is 1130. The van der Waals surface area contributed by atoms with Crippen LogP contribution in [0, 0.1) is 13.8 Å². The van der Waals surface area contributed by atoms with Gasteiger partial charge in [-0.1, -0.05) is 24.3 Å². The molecule has 0 radical (unpaired) electrons. The van der Waals surface area contributed by atoms with E-state index in [1.54, 1.807) is 12.5 Å². The first-order valence-corrected chi connectivity index (χ1v) is 9.55. The topological polar surface area (TPSA) is 64.6 Å². The summed E-state index contributed by atoms with van der Waals surface area (Å²) < 4.78 is 16.6. The average molecular weight is 389 g/mol. The Hall–Kier alpha value is -3.31. The van der Waals surface area contributed by atoms with Crippen LogP contribution in [0.25, 0.3) is 11.0 Å². The fraction of sp³-hybridized carbons (Fsp3) is 0.208. The van der Waals surface area contributed by atoms with Gasteiger partial charge in [0.05, 0.1) is 25.6 Å². The number of ether oxygens (including phenoxy) is 1. The molecular formula is C24H23NO4. The largest absolute Gasteiger partial charge is 0.467 e. The molecule has 0 atom stereocenters. The first-order chi connectivity index (χ1) is 14.1. The molecule has 2 aromatic carbocycles. The molecule has 4 rings (SSSR count). The third-order valence-corrected chi connectivity index (χ3v) is 5.00. The summed E-state index contributed by atoms with van der Waals surface area (Å²) in [6.45, 7) is 4.94. The van der Waals surface area contributed by atoms with Crippen molar-refractivity contribution in [3.63, 3.8) is 0 Å². The lowest BCUT2D eigenvalue weighted by Crippen LogP contribution is -2.14. The average Bonchev–Trinajstić information content (AvgIpc) is 3.36. The van der Waals surface area contributed by atoms with Crippen molar-refractivity contribution in [1.82, 2.24) is 0 Å². The molecule has 29 heavy (non-hydrogen) atoms. The summed E-state index contributed by atoms with van der Waals surface area (Å²) in [5, 5.41) is 3.95. The molecule has 0 aliphatic carbocycles. The predicted molar refractivity (Wildman–Crippen MR) is 112 cm³/mol. The Labute approximate surface area is 169 Å². The summed E-state index contributed by atoms with van der Waals surface area (Å²) in [5.41, 5.74) is 5.75. The number of rotatable bonds is 7. The van der Waals surface area contributed by atoms with Crippen LogP contribution in [0.1, 0.15) is 28.0 Å².